The second-order valence-corrected chi connectivity index (χ2v) is 6.71. The van der Waals surface area contributed by atoms with Gasteiger partial charge in [-0.05, 0) is 44.0 Å². The van der Waals surface area contributed by atoms with Crippen LogP contribution < -0.4 is 5.14 Å². The number of hydrogen-bond acceptors (Lipinski definition) is 3. The van der Waals surface area contributed by atoms with Crippen LogP contribution in [0.2, 0.25) is 0 Å². The molecule has 1 aliphatic rings. The molecule has 1 aromatic rings. The largest absolute Gasteiger partial charge is 0.334 e. The smallest absolute Gasteiger partial charge is 0.254 e. The average Bonchev–Trinajstić information content (AvgIpc) is 2.36. The van der Waals surface area contributed by atoms with E-state index >= 15 is 0 Å². The highest BCUT2D eigenvalue weighted by atomic mass is 32.2. The Morgan fingerprint density at radius 2 is 1.95 bits per heavy atom. The lowest BCUT2D eigenvalue weighted by molar-refractivity contribution is 0.0765. The molecular formula is C14H18N2O3S. The van der Waals surface area contributed by atoms with Crippen molar-refractivity contribution in [3.63, 3.8) is 0 Å². The number of benzene rings is 1. The van der Waals surface area contributed by atoms with Gasteiger partial charge in [0.15, 0.2) is 0 Å². The highest BCUT2D eigenvalue weighted by molar-refractivity contribution is 7.89. The third kappa shape index (κ3) is 3.26. The summed E-state index contributed by atoms with van der Waals surface area (Å²) in [6.45, 7) is 4.95. The Balaban J connectivity index is 2.36. The maximum atomic E-state index is 12.4. The van der Waals surface area contributed by atoms with Crippen LogP contribution in [0.4, 0.5) is 0 Å². The van der Waals surface area contributed by atoms with Crippen molar-refractivity contribution in [3.05, 3.63) is 41.0 Å². The van der Waals surface area contributed by atoms with Gasteiger partial charge in [-0.2, -0.15) is 0 Å². The van der Waals surface area contributed by atoms with Crippen molar-refractivity contribution >= 4 is 15.9 Å². The van der Waals surface area contributed by atoms with Crippen molar-refractivity contribution < 1.29 is 13.2 Å². The Bertz CT molecular complexity index is 678. The number of primary sulfonamides is 1. The van der Waals surface area contributed by atoms with Crippen molar-refractivity contribution in [1.82, 2.24) is 4.90 Å². The van der Waals surface area contributed by atoms with Crippen LogP contribution in [0.25, 0.3) is 0 Å². The average molecular weight is 294 g/mol. The molecule has 6 heteroatoms. The van der Waals surface area contributed by atoms with Crippen LogP contribution in [-0.4, -0.2) is 32.3 Å². The maximum absolute atomic E-state index is 12.4. The topological polar surface area (TPSA) is 80.5 Å². The number of amides is 1. The van der Waals surface area contributed by atoms with Crippen LogP contribution in [0.15, 0.2) is 34.7 Å². The van der Waals surface area contributed by atoms with Crippen LogP contribution >= 0.6 is 0 Å². The lowest BCUT2D eigenvalue weighted by Gasteiger charge is -2.26. The second-order valence-electron chi connectivity index (χ2n) is 5.15. The standard InChI is InChI=1S/C14H18N2O3S/c1-10-4-3-5-16(9-10)14(17)12-6-11(2)7-13(8-12)20(15,18)19/h4,6-8H,3,5,9H2,1-2H3,(H2,15,18,19). The highest BCUT2D eigenvalue weighted by Gasteiger charge is 2.20. The van der Waals surface area contributed by atoms with E-state index in [2.05, 4.69) is 6.08 Å². The molecule has 108 valence electrons. The fourth-order valence-corrected chi connectivity index (χ4v) is 2.94. The van der Waals surface area contributed by atoms with Gasteiger partial charge in [0.1, 0.15) is 0 Å². The molecule has 1 aliphatic heterocycles. The van der Waals surface area contributed by atoms with E-state index < -0.39 is 10.0 Å². The van der Waals surface area contributed by atoms with Gasteiger partial charge in [-0.15, -0.1) is 0 Å². The predicted molar refractivity (Wildman–Crippen MR) is 76.8 cm³/mol. The quantitative estimate of drug-likeness (QED) is 0.838. The molecule has 5 nitrogen and oxygen atoms in total. The molecule has 1 aromatic carbocycles. The number of carbonyl (C=O) groups is 1. The lowest BCUT2D eigenvalue weighted by atomic mass is 10.1. The third-order valence-corrected chi connectivity index (χ3v) is 4.14. The first-order chi connectivity index (χ1) is 9.27. The molecular weight excluding hydrogens is 276 g/mol. The minimum atomic E-state index is -3.80. The number of nitrogens with two attached hydrogens (primary N) is 1. The van der Waals surface area contributed by atoms with Gasteiger partial charge in [-0.25, -0.2) is 13.6 Å². The summed E-state index contributed by atoms with van der Waals surface area (Å²) in [5, 5.41) is 5.13. The Hall–Kier alpha value is -1.66. The fourth-order valence-electron chi connectivity index (χ4n) is 2.30. The van der Waals surface area contributed by atoms with Crippen LogP contribution in [0.3, 0.4) is 0 Å². The number of nitrogens with zero attached hydrogens (tertiary/aromatic N) is 1. The summed E-state index contributed by atoms with van der Waals surface area (Å²) in [7, 11) is -3.80. The molecule has 0 bridgehead atoms. The number of rotatable bonds is 2. The summed E-state index contributed by atoms with van der Waals surface area (Å²) in [6, 6.07) is 4.50. The Morgan fingerprint density at radius 1 is 1.25 bits per heavy atom. The zero-order valence-electron chi connectivity index (χ0n) is 11.6. The van der Waals surface area contributed by atoms with Crippen LogP contribution in [0.1, 0.15) is 29.3 Å². The maximum Gasteiger partial charge on any atom is 0.254 e. The minimum Gasteiger partial charge on any atom is -0.334 e. The van der Waals surface area contributed by atoms with Crippen molar-refractivity contribution in [2.45, 2.75) is 25.2 Å². The molecule has 0 atom stereocenters. The van der Waals surface area contributed by atoms with Gasteiger partial charge >= 0.3 is 0 Å². The van der Waals surface area contributed by atoms with Gasteiger partial charge in [0.25, 0.3) is 5.91 Å². The first-order valence-corrected chi connectivity index (χ1v) is 7.91. The number of carbonyl (C=O) groups excluding carboxylic acids is 1. The van der Waals surface area contributed by atoms with Crippen LogP contribution in [0.5, 0.6) is 0 Å². The number of aryl methyl sites for hydroxylation is 1. The fraction of sp³-hybridized carbons (Fsp3) is 0.357. The SMILES string of the molecule is CC1=CCCN(C(=O)c2cc(C)cc(S(N)(=O)=O)c2)C1. The predicted octanol–water partition coefficient (Wildman–Crippen LogP) is 1.43. The van der Waals surface area contributed by atoms with Crippen molar-refractivity contribution in [2.24, 2.45) is 5.14 Å². The van der Waals surface area contributed by atoms with E-state index in [-0.39, 0.29) is 10.8 Å². The molecule has 0 unspecified atom stereocenters. The molecule has 0 saturated carbocycles. The molecule has 0 spiro atoms. The molecule has 1 amide bonds. The molecule has 0 aromatic heterocycles. The minimum absolute atomic E-state index is 0.0230. The van der Waals surface area contributed by atoms with Crippen LogP contribution in [-0.2, 0) is 10.0 Å². The first kappa shape index (κ1) is 14.7. The summed E-state index contributed by atoms with van der Waals surface area (Å²) in [5.41, 5.74) is 2.21. The molecule has 1 heterocycles. The summed E-state index contributed by atoms with van der Waals surface area (Å²) in [5.74, 6) is -0.161. The first-order valence-electron chi connectivity index (χ1n) is 6.37. The van der Waals surface area contributed by atoms with Crippen LogP contribution in [0, 0.1) is 6.92 Å². The molecule has 2 rings (SSSR count). The zero-order valence-corrected chi connectivity index (χ0v) is 12.4. The zero-order chi connectivity index (χ0) is 14.9. The van der Waals surface area contributed by atoms with Gasteiger partial charge < -0.3 is 4.90 Å². The summed E-state index contributed by atoms with van der Waals surface area (Å²) < 4.78 is 22.9. The van der Waals surface area contributed by atoms with E-state index in [1.54, 1.807) is 17.9 Å². The number of hydrogen-bond donors (Lipinski definition) is 1. The van der Waals surface area contributed by atoms with Crippen molar-refractivity contribution in [3.8, 4) is 0 Å². The van der Waals surface area contributed by atoms with E-state index in [9.17, 15) is 13.2 Å². The third-order valence-electron chi connectivity index (χ3n) is 3.25. The summed E-state index contributed by atoms with van der Waals surface area (Å²) in [6.07, 6.45) is 2.93. The highest BCUT2D eigenvalue weighted by Crippen LogP contribution is 2.18. The van der Waals surface area contributed by atoms with Gasteiger partial charge in [-0.3, -0.25) is 4.79 Å². The molecule has 20 heavy (non-hydrogen) atoms. The summed E-state index contributed by atoms with van der Waals surface area (Å²) in [4.78, 5) is 14.1. The molecule has 0 fully saturated rings. The van der Waals surface area contributed by atoms with Gasteiger partial charge in [0, 0.05) is 18.7 Å². The molecule has 2 N–H and O–H groups in total. The molecule has 0 aliphatic carbocycles. The Kier molecular flexibility index (Phi) is 3.96. The van der Waals surface area contributed by atoms with Crippen molar-refractivity contribution in [2.75, 3.05) is 13.1 Å². The molecule has 0 saturated heterocycles. The van der Waals surface area contributed by atoms with E-state index in [0.717, 1.165) is 12.0 Å². The summed E-state index contributed by atoms with van der Waals surface area (Å²) >= 11 is 0. The van der Waals surface area contributed by atoms with E-state index in [0.29, 0.717) is 24.2 Å². The Labute approximate surface area is 119 Å². The van der Waals surface area contributed by atoms with Crippen molar-refractivity contribution in [1.29, 1.82) is 0 Å². The normalized spacial score (nSPS) is 15.9. The molecule has 0 radical (unpaired) electrons. The Morgan fingerprint density at radius 3 is 2.55 bits per heavy atom. The van der Waals surface area contributed by atoms with E-state index in [1.165, 1.54) is 12.1 Å². The monoisotopic (exact) mass is 294 g/mol. The van der Waals surface area contributed by atoms with Gasteiger partial charge in [0.05, 0.1) is 4.90 Å². The van der Waals surface area contributed by atoms with Gasteiger partial charge in [0.2, 0.25) is 10.0 Å². The second kappa shape index (κ2) is 5.38. The van der Waals surface area contributed by atoms with E-state index in [4.69, 9.17) is 5.14 Å². The number of sulfonamides is 1. The van der Waals surface area contributed by atoms with Gasteiger partial charge in [-0.1, -0.05) is 11.6 Å². The van der Waals surface area contributed by atoms with E-state index in [1.807, 2.05) is 6.92 Å². The lowest BCUT2D eigenvalue weighted by Crippen LogP contribution is -2.35.